The van der Waals surface area contributed by atoms with Crippen molar-refractivity contribution < 1.29 is 9.53 Å². The molecule has 0 saturated heterocycles. The molecule has 0 aliphatic heterocycles. The Morgan fingerprint density at radius 1 is 0.737 bits per heavy atom. The molecule has 5 heteroatoms. The van der Waals surface area contributed by atoms with E-state index in [-0.39, 0.29) is 5.91 Å². The molecule has 0 spiro atoms. The molecule has 1 N–H and O–H groups in total. The van der Waals surface area contributed by atoms with E-state index >= 15 is 0 Å². The number of benzene rings is 5. The van der Waals surface area contributed by atoms with Crippen molar-refractivity contribution in [3.63, 3.8) is 0 Å². The zero-order valence-corrected chi connectivity index (χ0v) is 21.7. The van der Waals surface area contributed by atoms with E-state index < -0.39 is 0 Å². The summed E-state index contributed by atoms with van der Waals surface area (Å²) in [6.07, 6.45) is 1.63. The number of nitrogens with zero attached hydrogens (tertiary/aromatic N) is 1. The third-order valence-electron chi connectivity index (χ3n) is 6.13. The van der Waals surface area contributed by atoms with E-state index in [1.165, 1.54) is 21.9 Å². The highest BCUT2D eigenvalue weighted by Crippen LogP contribution is 2.21. The van der Waals surface area contributed by atoms with Gasteiger partial charge in [-0.1, -0.05) is 84.9 Å². The normalized spacial score (nSPS) is 11.1. The maximum absolute atomic E-state index is 12.5. The van der Waals surface area contributed by atoms with Crippen molar-refractivity contribution in [3.8, 4) is 5.75 Å². The van der Waals surface area contributed by atoms with Crippen LogP contribution >= 0.6 is 11.8 Å². The minimum atomic E-state index is -0.236. The number of hydrazone groups is 1. The summed E-state index contributed by atoms with van der Waals surface area (Å²) in [5.74, 6) is 2.41. The van der Waals surface area contributed by atoms with Gasteiger partial charge in [-0.15, -0.1) is 0 Å². The number of hydrogen-bond acceptors (Lipinski definition) is 4. The van der Waals surface area contributed by atoms with Crippen LogP contribution in [-0.4, -0.2) is 12.1 Å². The number of carbonyl (C=O) groups is 1. The molecule has 4 nitrogen and oxygen atoms in total. The van der Waals surface area contributed by atoms with Gasteiger partial charge in [0.25, 0.3) is 5.91 Å². The van der Waals surface area contributed by atoms with E-state index in [1.54, 1.807) is 6.21 Å². The molecule has 38 heavy (non-hydrogen) atoms. The maximum Gasteiger partial charge on any atom is 0.271 e. The van der Waals surface area contributed by atoms with E-state index in [1.807, 2.05) is 78.5 Å². The van der Waals surface area contributed by atoms with Crippen LogP contribution in [0.15, 0.2) is 126 Å². The van der Waals surface area contributed by atoms with E-state index in [2.05, 4.69) is 65.1 Å². The number of fused-ring (bicyclic) bond motifs is 1. The van der Waals surface area contributed by atoms with Gasteiger partial charge in [0, 0.05) is 17.1 Å². The third-order valence-corrected chi connectivity index (χ3v) is 7.21. The second kappa shape index (κ2) is 12.7. The average Bonchev–Trinajstić information content (AvgIpc) is 2.97. The monoisotopic (exact) mass is 516 g/mol. The van der Waals surface area contributed by atoms with E-state index in [0.29, 0.717) is 12.2 Å². The van der Waals surface area contributed by atoms with Crippen LogP contribution in [0.3, 0.4) is 0 Å². The molecule has 5 aromatic rings. The van der Waals surface area contributed by atoms with Crippen molar-refractivity contribution in [2.24, 2.45) is 5.10 Å². The van der Waals surface area contributed by atoms with Gasteiger partial charge in [0.1, 0.15) is 12.4 Å². The molecular weight excluding hydrogens is 488 g/mol. The Morgan fingerprint density at radius 3 is 2.21 bits per heavy atom. The minimum absolute atomic E-state index is 0.236. The van der Waals surface area contributed by atoms with Crippen molar-refractivity contribution >= 4 is 34.7 Å². The van der Waals surface area contributed by atoms with Gasteiger partial charge in [0.2, 0.25) is 0 Å². The summed E-state index contributed by atoms with van der Waals surface area (Å²) < 4.78 is 6.00. The molecule has 0 aliphatic rings. The molecule has 0 heterocycles. The predicted molar refractivity (Wildman–Crippen MR) is 158 cm³/mol. The number of rotatable bonds is 10. The van der Waals surface area contributed by atoms with Gasteiger partial charge in [-0.2, -0.15) is 16.9 Å². The third kappa shape index (κ3) is 6.90. The number of nitrogens with one attached hydrogen (secondary N) is 1. The molecule has 0 saturated carbocycles. The fourth-order valence-electron chi connectivity index (χ4n) is 4.07. The maximum atomic E-state index is 12.5. The first kappa shape index (κ1) is 25.3. The van der Waals surface area contributed by atoms with Crippen LogP contribution in [0, 0.1) is 0 Å². The highest BCUT2D eigenvalue weighted by molar-refractivity contribution is 7.97. The van der Waals surface area contributed by atoms with Crippen LogP contribution in [0.2, 0.25) is 0 Å². The molecule has 0 fully saturated rings. The second-order valence-electron chi connectivity index (χ2n) is 8.87. The summed E-state index contributed by atoms with van der Waals surface area (Å²) in [5.41, 5.74) is 7.70. The van der Waals surface area contributed by atoms with Crippen molar-refractivity contribution in [2.75, 3.05) is 0 Å². The SMILES string of the molecule is O=C(N/N=C/c1ccc(OCc2cccc3ccccc23)cc1)c1ccc(CSCc2ccccc2)cc1. The van der Waals surface area contributed by atoms with Crippen LogP contribution in [0.25, 0.3) is 10.8 Å². The number of hydrogen-bond donors (Lipinski definition) is 1. The first-order valence-corrected chi connectivity index (χ1v) is 13.6. The van der Waals surface area contributed by atoms with Gasteiger partial charge in [-0.3, -0.25) is 4.79 Å². The Hall–Kier alpha value is -4.35. The van der Waals surface area contributed by atoms with Crippen LogP contribution in [0.5, 0.6) is 5.75 Å². The van der Waals surface area contributed by atoms with Crippen LogP contribution < -0.4 is 10.2 Å². The Kier molecular flexibility index (Phi) is 8.49. The fourth-order valence-corrected chi connectivity index (χ4v) is 5.03. The molecular formula is C33H28N2O2S. The van der Waals surface area contributed by atoms with Gasteiger partial charge in [-0.05, 0) is 69.4 Å². The van der Waals surface area contributed by atoms with Gasteiger partial charge >= 0.3 is 0 Å². The average molecular weight is 517 g/mol. The zero-order chi connectivity index (χ0) is 26.0. The molecule has 0 radical (unpaired) electrons. The zero-order valence-electron chi connectivity index (χ0n) is 20.9. The molecule has 1 amide bonds. The fraction of sp³-hybridized carbons (Fsp3) is 0.0909. The van der Waals surface area contributed by atoms with E-state index in [9.17, 15) is 4.79 Å². The standard InChI is InChI=1S/C33H28N2O2S/c36-33(29-17-13-27(14-18-29)24-38-23-26-7-2-1-3-8-26)35-34-21-25-15-19-31(20-16-25)37-22-30-11-6-10-28-9-4-5-12-32(28)30/h1-21H,22-24H2,(H,35,36)/b34-21+. The van der Waals surface area contributed by atoms with Gasteiger partial charge in [-0.25, -0.2) is 5.43 Å². The van der Waals surface area contributed by atoms with Crippen molar-refractivity contribution in [2.45, 2.75) is 18.1 Å². The van der Waals surface area contributed by atoms with Gasteiger partial charge in [0.15, 0.2) is 0 Å². The van der Waals surface area contributed by atoms with E-state index in [4.69, 9.17) is 4.74 Å². The van der Waals surface area contributed by atoms with Crippen LogP contribution in [0.4, 0.5) is 0 Å². The summed E-state index contributed by atoms with van der Waals surface area (Å²) in [7, 11) is 0. The lowest BCUT2D eigenvalue weighted by Crippen LogP contribution is -2.17. The molecule has 0 bridgehead atoms. The lowest BCUT2D eigenvalue weighted by molar-refractivity contribution is 0.0955. The number of carbonyl (C=O) groups excluding carboxylic acids is 1. The van der Waals surface area contributed by atoms with Gasteiger partial charge < -0.3 is 4.74 Å². The number of amides is 1. The summed E-state index contributed by atoms with van der Waals surface area (Å²) in [6.45, 7) is 0.495. The summed E-state index contributed by atoms with van der Waals surface area (Å²) in [4.78, 5) is 12.5. The predicted octanol–water partition coefficient (Wildman–Crippen LogP) is 7.62. The highest BCUT2D eigenvalue weighted by Gasteiger charge is 2.05. The highest BCUT2D eigenvalue weighted by atomic mass is 32.2. The number of thioether (sulfide) groups is 1. The first-order valence-electron chi connectivity index (χ1n) is 12.5. The molecule has 0 unspecified atom stereocenters. The molecule has 0 atom stereocenters. The lowest BCUT2D eigenvalue weighted by atomic mass is 10.1. The van der Waals surface area contributed by atoms with Crippen molar-refractivity contribution in [3.05, 3.63) is 149 Å². The molecule has 0 aliphatic carbocycles. The lowest BCUT2D eigenvalue weighted by Gasteiger charge is -2.09. The molecule has 5 aromatic carbocycles. The van der Waals surface area contributed by atoms with E-state index in [0.717, 1.165) is 28.4 Å². The Morgan fingerprint density at radius 2 is 1.42 bits per heavy atom. The number of ether oxygens (including phenoxy) is 1. The summed E-state index contributed by atoms with van der Waals surface area (Å²) in [5, 5.41) is 6.52. The Labute approximate surface area is 227 Å². The van der Waals surface area contributed by atoms with Gasteiger partial charge in [0.05, 0.1) is 6.21 Å². The quantitative estimate of drug-likeness (QED) is 0.153. The second-order valence-corrected chi connectivity index (χ2v) is 9.86. The smallest absolute Gasteiger partial charge is 0.271 e. The van der Waals surface area contributed by atoms with Crippen LogP contribution in [0.1, 0.15) is 32.6 Å². The first-order chi connectivity index (χ1) is 18.7. The van der Waals surface area contributed by atoms with Crippen LogP contribution in [-0.2, 0) is 18.1 Å². The summed E-state index contributed by atoms with van der Waals surface area (Å²) in [6, 6.07) is 40.3. The summed E-state index contributed by atoms with van der Waals surface area (Å²) >= 11 is 1.86. The Bertz CT molecular complexity index is 1510. The van der Waals surface area contributed by atoms with Crippen molar-refractivity contribution in [1.82, 2.24) is 5.43 Å². The Balaban J connectivity index is 1.08. The largest absolute Gasteiger partial charge is 0.489 e. The topological polar surface area (TPSA) is 50.7 Å². The molecule has 188 valence electrons. The molecule has 5 rings (SSSR count). The molecule has 0 aromatic heterocycles. The minimum Gasteiger partial charge on any atom is -0.489 e. The van der Waals surface area contributed by atoms with Crippen molar-refractivity contribution in [1.29, 1.82) is 0 Å².